The van der Waals surface area contributed by atoms with E-state index in [1.54, 1.807) is 6.92 Å². The van der Waals surface area contributed by atoms with Gasteiger partial charge in [-0.25, -0.2) is 4.98 Å². The maximum Gasteiger partial charge on any atom is 0.303 e. The molecule has 1 atom stereocenters. The minimum absolute atomic E-state index is 0.00107. The normalized spacial score (nSPS) is 11.3. The molecular formula is C12H13N3O3. The van der Waals surface area contributed by atoms with Gasteiger partial charge in [-0.2, -0.15) is 5.26 Å². The molecule has 2 N–H and O–H groups in total. The van der Waals surface area contributed by atoms with Gasteiger partial charge in [-0.3, -0.25) is 9.59 Å². The lowest BCUT2D eigenvalue weighted by Gasteiger charge is -2.09. The molecular weight excluding hydrogens is 234 g/mol. The number of aromatic nitrogens is 1. The summed E-state index contributed by atoms with van der Waals surface area (Å²) in [5.41, 5.74) is 0.585. The molecule has 1 rings (SSSR count). The van der Waals surface area contributed by atoms with Crippen LogP contribution in [0.4, 0.5) is 0 Å². The van der Waals surface area contributed by atoms with Crippen LogP contribution >= 0.6 is 0 Å². The van der Waals surface area contributed by atoms with Gasteiger partial charge in [-0.05, 0) is 18.1 Å². The first kappa shape index (κ1) is 13.6. The summed E-state index contributed by atoms with van der Waals surface area (Å²) in [6, 6.07) is 4.86. The Balaban J connectivity index is 2.50. The summed E-state index contributed by atoms with van der Waals surface area (Å²) < 4.78 is 0. The first-order chi connectivity index (χ1) is 8.52. The van der Waals surface area contributed by atoms with E-state index in [4.69, 9.17) is 10.4 Å². The Kier molecular flexibility index (Phi) is 4.81. The Labute approximate surface area is 104 Å². The van der Waals surface area contributed by atoms with E-state index in [1.165, 1.54) is 18.3 Å². The van der Waals surface area contributed by atoms with Crippen LogP contribution in [0.3, 0.4) is 0 Å². The lowest BCUT2D eigenvalue weighted by molar-refractivity contribution is -0.137. The number of hydrogen-bond donors (Lipinski definition) is 2. The Morgan fingerprint density at radius 2 is 2.28 bits per heavy atom. The van der Waals surface area contributed by atoms with Gasteiger partial charge in [0.05, 0.1) is 5.56 Å². The van der Waals surface area contributed by atoms with Crippen molar-refractivity contribution in [3.63, 3.8) is 0 Å². The van der Waals surface area contributed by atoms with Crippen molar-refractivity contribution in [2.75, 3.05) is 6.54 Å². The van der Waals surface area contributed by atoms with Gasteiger partial charge in [0.2, 0.25) is 0 Å². The van der Waals surface area contributed by atoms with E-state index in [2.05, 4.69) is 10.3 Å². The van der Waals surface area contributed by atoms with E-state index in [9.17, 15) is 9.59 Å². The number of amides is 1. The third-order valence-electron chi connectivity index (χ3n) is 2.26. The molecule has 0 aliphatic carbocycles. The van der Waals surface area contributed by atoms with Gasteiger partial charge in [0.15, 0.2) is 0 Å². The van der Waals surface area contributed by atoms with Crippen molar-refractivity contribution in [2.24, 2.45) is 5.92 Å². The van der Waals surface area contributed by atoms with Gasteiger partial charge in [0, 0.05) is 19.2 Å². The largest absolute Gasteiger partial charge is 0.481 e. The maximum absolute atomic E-state index is 11.6. The molecule has 1 heterocycles. The van der Waals surface area contributed by atoms with Crippen molar-refractivity contribution in [1.82, 2.24) is 10.3 Å². The number of pyridine rings is 1. The number of carbonyl (C=O) groups excluding carboxylic acids is 1. The summed E-state index contributed by atoms with van der Waals surface area (Å²) in [4.78, 5) is 25.9. The van der Waals surface area contributed by atoms with Crippen molar-refractivity contribution in [3.8, 4) is 6.07 Å². The molecule has 94 valence electrons. The van der Waals surface area contributed by atoms with Crippen LogP contribution in [0.15, 0.2) is 18.3 Å². The van der Waals surface area contributed by atoms with Crippen molar-refractivity contribution >= 4 is 11.9 Å². The smallest absolute Gasteiger partial charge is 0.303 e. The fourth-order valence-corrected chi connectivity index (χ4v) is 1.32. The highest BCUT2D eigenvalue weighted by Gasteiger charge is 2.11. The highest BCUT2D eigenvalue weighted by molar-refractivity contribution is 5.92. The summed E-state index contributed by atoms with van der Waals surface area (Å²) in [5.74, 6) is -1.42. The second-order valence-electron chi connectivity index (χ2n) is 3.96. The minimum atomic E-state index is -0.895. The number of carboxylic acid groups (broad SMARTS) is 1. The summed E-state index contributed by atoms with van der Waals surface area (Å²) >= 11 is 0. The average molecular weight is 247 g/mol. The van der Waals surface area contributed by atoms with Gasteiger partial charge < -0.3 is 10.4 Å². The monoisotopic (exact) mass is 247 g/mol. The van der Waals surface area contributed by atoms with E-state index < -0.39 is 5.97 Å². The average Bonchev–Trinajstić information content (AvgIpc) is 2.35. The first-order valence-electron chi connectivity index (χ1n) is 5.39. The molecule has 1 aromatic heterocycles. The summed E-state index contributed by atoms with van der Waals surface area (Å²) in [6.07, 6.45) is 1.32. The molecule has 0 saturated carbocycles. The van der Waals surface area contributed by atoms with Crippen molar-refractivity contribution < 1.29 is 14.7 Å². The van der Waals surface area contributed by atoms with E-state index in [1.807, 2.05) is 6.07 Å². The Morgan fingerprint density at radius 3 is 2.78 bits per heavy atom. The molecule has 6 heteroatoms. The van der Waals surface area contributed by atoms with Gasteiger partial charge in [0.25, 0.3) is 5.91 Å². The van der Waals surface area contributed by atoms with Gasteiger partial charge in [0.1, 0.15) is 11.8 Å². The predicted molar refractivity (Wildman–Crippen MR) is 62.7 cm³/mol. The molecule has 0 radical (unpaired) electrons. The number of rotatable bonds is 5. The zero-order valence-corrected chi connectivity index (χ0v) is 9.88. The highest BCUT2D eigenvalue weighted by atomic mass is 16.4. The second kappa shape index (κ2) is 6.35. The van der Waals surface area contributed by atoms with Crippen LogP contribution in [0.2, 0.25) is 0 Å². The third kappa shape index (κ3) is 4.22. The molecule has 1 aromatic rings. The van der Waals surface area contributed by atoms with Crippen molar-refractivity contribution in [2.45, 2.75) is 13.3 Å². The zero-order chi connectivity index (χ0) is 13.5. The zero-order valence-electron chi connectivity index (χ0n) is 9.88. The van der Waals surface area contributed by atoms with E-state index in [0.717, 1.165) is 0 Å². The molecule has 1 amide bonds. The maximum atomic E-state index is 11.6. The standard InChI is InChI=1S/C12H13N3O3/c1-8(4-11(16)17)6-15-12(18)10-3-2-9(5-13)7-14-10/h2-3,7-8H,4,6H2,1H3,(H,15,18)(H,16,17). The lowest BCUT2D eigenvalue weighted by atomic mass is 10.1. The van der Waals surface area contributed by atoms with Crippen LogP contribution in [-0.2, 0) is 4.79 Å². The van der Waals surface area contributed by atoms with Crippen LogP contribution in [0.1, 0.15) is 29.4 Å². The number of nitrogens with one attached hydrogen (secondary N) is 1. The molecule has 1 unspecified atom stereocenters. The minimum Gasteiger partial charge on any atom is -0.481 e. The number of nitrogens with zero attached hydrogens (tertiary/aromatic N) is 2. The molecule has 0 aliphatic heterocycles. The lowest BCUT2D eigenvalue weighted by Crippen LogP contribution is -2.29. The Bertz CT molecular complexity index is 476. The first-order valence-corrected chi connectivity index (χ1v) is 5.39. The van der Waals surface area contributed by atoms with E-state index in [-0.39, 0.29) is 30.5 Å². The Morgan fingerprint density at radius 1 is 1.56 bits per heavy atom. The molecule has 0 aliphatic rings. The van der Waals surface area contributed by atoms with Crippen molar-refractivity contribution in [1.29, 1.82) is 5.26 Å². The summed E-state index contributed by atoms with van der Waals surface area (Å²) in [6.45, 7) is 2.01. The van der Waals surface area contributed by atoms with Crippen LogP contribution in [0.25, 0.3) is 0 Å². The van der Waals surface area contributed by atoms with Gasteiger partial charge in [-0.1, -0.05) is 6.92 Å². The van der Waals surface area contributed by atoms with Crippen LogP contribution < -0.4 is 5.32 Å². The second-order valence-corrected chi connectivity index (χ2v) is 3.96. The Hall–Kier alpha value is -2.42. The topological polar surface area (TPSA) is 103 Å². The van der Waals surface area contributed by atoms with Crippen LogP contribution in [-0.4, -0.2) is 28.5 Å². The fraction of sp³-hybridized carbons (Fsp3) is 0.333. The SMILES string of the molecule is CC(CNC(=O)c1ccc(C#N)cn1)CC(=O)O. The molecule has 18 heavy (non-hydrogen) atoms. The van der Waals surface area contributed by atoms with Crippen LogP contribution in [0.5, 0.6) is 0 Å². The molecule has 0 fully saturated rings. The number of carboxylic acids is 1. The van der Waals surface area contributed by atoms with Gasteiger partial charge >= 0.3 is 5.97 Å². The predicted octanol–water partition coefficient (Wildman–Crippen LogP) is 0.794. The summed E-state index contributed by atoms with van der Waals surface area (Å²) in [5, 5.41) is 19.7. The molecule has 0 aromatic carbocycles. The number of nitriles is 1. The van der Waals surface area contributed by atoms with Crippen LogP contribution in [0, 0.1) is 17.2 Å². The van der Waals surface area contributed by atoms with Gasteiger partial charge in [-0.15, -0.1) is 0 Å². The number of hydrogen-bond acceptors (Lipinski definition) is 4. The molecule has 0 saturated heterocycles. The summed E-state index contributed by atoms with van der Waals surface area (Å²) in [7, 11) is 0. The number of aliphatic carboxylic acids is 1. The van der Waals surface area contributed by atoms with E-state index >= 15 is 0 Å². The number of carbonyl (C=O) groups is 2. The van der Waals surface area contributed by atoms with E-state index in [0.29, 0.717) is 5.56 Å². The molecule has 0 spiro atoms. The third-order valence-corrected chi connectivity index (χ3v) is 2.26. The molecule has 0 bridgehead atoms. The van der Waals surface area contributed by atoms with Crippen molar-refractivity contribution in [3.05, 3.63) is 29.6 Å². The quantitative estimate of drug-likeness (QED) is 0.800. The fourth-order valence-electron chi connectivity index (χ4n) is 1.32. The highest BCUT2D eigenvalue weighted by Crippen LogP contribution is 2.02. The molecule has 6 nitrogen and oxygen atoms in total.